The van der Waals surface area contributed by atoms with E-state index in [0.29, 0.717) is 0 Å². The Balaban J connectivity index is 1.48. The minimum atomic E-state index is 0.127. The van der Waals surface area contributed by atoms with Gasteiger partial charge in [-0.2, -0.15) is 0 Å². The average Bonchev–Trinajstić information content (AvgIpc) is 3.31. The number of Topliss-reactive ketones (excluding diaryl/α,β-unsaturated/α-hetero) is 1. The predicted octanol–water partition coefficient (Wildman–Crippen LogP) is 4.96. The Morgan fingerprint density at radius 1 is 1.04 bits per heavy atom. The lowest BCUT2D eigenvalue weighted by atomic mass is 9.93. The molecular weight excluding hydrogens is 342 g/mol. The van der Waals surface area contributed by atoms with Crippen LogP contribution in [0.25, 0.3) is 16.6 Å². The monoisotopic (exact) mass is 359 g/mol. The van der Waals surface area contributed by atoms with E-state index in [1.54, 1.807) is 0 Å². The van der Waals surface area contributed by atoms with Gasteiger partial charge >= 0.3 is 0 Å². The summed E-state index contributed by atoms with van der Waals surface area (Å²) in [5.41, 5.74) is 5.20. The summed E-state index contributed by atoms with van der Waals surface area (Å²) in [7, 11) is 0. The first-order valence-corrected chi connectivity index (χ1v) is 9.66. The lowest BCUT2D eigenvalue weighted by molar-refractivity contribution is 0.103. The molecule has 1 aliphatic carbocycles. The van der Waals surface area contributed by atoms with Crippen LogP contribution in [0.4, 0.5) is 0 Å². The fourth-order valence-electron chi connectivity index (χ4n) is 3.55. The highest BCUT2D eigenvalue weighted by Gasteiger charge is 2.26. The molecular formula is C22H17NO2S. The summed E-state index contributed by atoms with van der Waals surface area (Å²) in [5.74, 6) is 1.10. The first kappa shape index (κ1) is 15.5. The zero-order valence-electron chi connectivity index (χ0n) is 14.2. The zero-order chi connectivity index (χ0) is 17.5. The van der Waals surface area contributed by atoms with Gasteiger partial charge in [-0.15, -0.1) is 11.3 Å². The van der Waals surface area contributed by atoms with E-state index in [2.05, 4.69) is 6.07 Å². The van der Waals surface area contributed by atoms with Crippen LogP contribution < -0.4 is 4.74 Å². The number of carbonyl (C=O) groups is 1. The molecule has 0 bridgehead atoms. The number of hydrogen-bond acceptors (Lipinski definition) is 4. The number of benzene rings is 2. The lowest BCUT2D eigenvalue weighted by Gasteiger charge is -2.12. The molecule has 26 heavy (non-hydrogen) atoms. The van der Waals surface area contributed by atoms with Gasteiger partial charge in [0.25, 0.3) is 0 Å². The molecule has 1 aromatic heterocycles. The third kappa shape index (κ3) is 2.67. The van der Waals surface area contributed by atoms with Crippen molar-refractivity contribution in [3.8, 4) is 16.3 Å². The molecule has 0 atom stereocenters. The topological polar surface area (TPSA) is 39.2 Å². The van der Waals surface area contributed by atoms with Gasteiger partial charge in [-0.3, -0.25) is 4.79 Å². The molecule has 0 radical (unpaired) electrons. The first-order valence-electron chi connectivity index (χ1n) is 8.84. The molecule has 0 amide bonds. The summed E-state index contributed by atoms with van der Waals surface area (Å²) in [5, 5.41) is 0.930. The first-order chi connectivity index (χ1) is 12.8. The van der Waals surface area contributed by atoms with Crippen molar-refractivity contribution in [3.05, 3.63) is 75.8 Å². The van der Waals surface area contributed by atoms with E-state index in [1.807, 2.05) is 48.5 Å². The Morgan fingerprint density at radius 3 is 2.81 bits per heavy atom. The molecule has 0 unspecified atom stereocenters. The summed E-state index contributed by atoms with van der Waals surface area (Å²) in [6.45, 7) is 0.751. The van der Waals surface area contributed by atoms with Crippen LogP contribution in [0, 0.1) is 0 Å². The van der Waals surface area contributed by atoms with Crippen molar-refractivity contribution >= 4 is 23.2 Å². The van der Waals surface area contributed by atoms with Gasteiger partial charge in [-0.25, -0.2) is 4.98 Å². The standard InChI is InChI=1S/C22H17NO2S/c24-20-17(13-14-6-9-19-16(12-14)10-11-25-19)7-8-18-21(20)26-22(23-18)15-4-2-1-3-5-15/h1-6,9,12-13H,7-8,10-11H2/b17-13+. The summed E-state index contributed by atoms with van der Waals surface area (Å²) >= 11 is 1.51. The van der Waals surface area contributed by atoms with E-state index >= 15 is 0 Å². The van der Waals surface area contributed by atoms with Crippen LogP contribution in [-0.2, 0) is 12.8 Å². The molecule has 3 aromatic rings. The molecule has 0 spiro atoms. The van der Waals surface area contributed by atoms with Crippen molar-refractivity contribution in [2.75, 3.05) is 6.61 Å². The van der Waals surface area contributed by atoms with E-state index < -0.39 is 0 Å². The van der Waals surface area contributed by atoms with E-state index in [0.717, 1.165) is 63.9 Å². The summed E-state index contributed by atoms with van der Waals surface area (Å²) in [6.07, 6.45) is 4.55. The Morgan fingerprint density at radius 2 is 1.92 bits per heavy atom. The second-order valence-electron chi connectivity index (χ2n) is 6.63. The molecule has 0 N–H and O–H groups in total. The maximum atomic E-state index is 13.0. The van der Waals surface area contributed by atoms with Crippen LogP contribution in [-0.4, -0.2) is 17.4 Å². The summed E-state index contributed by atoms with van der Waals surface area (Å²) < 4.78 is 5.56. The Hall–Kier alpha value is -2.72. The normalized spacial score (nSPS) is 17.1. The van der Waals surface area contributed by atoms with E-state index in [9.17, 15) is 4.79 Å². The maximum absolute atomic E-state index is 13.0. The third-order valence-corrected chi connectivity index (χ3v) is 6.05. The maximum Gasteiger partial charge on any atom is 0.200 e. The zero-order valence-corrected chi connectivity index (χ0v) is 15.0. The smallest absolute Gasteiger partial charge is 0.200 e. The van der Waals surface area contributed by atoms with Gasteiger partial charge in [-0.05, 0) is 42.2 Å². The number of aryl methyl sites for hydroxylation is 1. The number of fused-ring (bicyclic) bond motifs is 2. The molecule has 2 heterocycles. The van der Waals surface area contributed by atoms with Crippen molar-refractivity contribution in [3.63, 3.8) is 0 Å². The Kier molecular flexibility index (Phi) is 3.71. The van der Waals surface area contributed by atoms with Crippen molar-refractivity contribution in [2.45, 2.75) is 19.3 Å². The van der Waals surface area contributed by atoms with Gasteiger partial charge in [0.15, 0.2) is 0 Å². The van der Waals surface area contributed by atoms with Crippen LogP contribution in [0.1, 0.15) is 32.9 Å². The molecule has 4 heteroatoms. The lowest BCUT2D eigenvalue weighted by Crippen LogP contribution is -2.12. The molecule has 2 aliphatic rings. The predicted molar refractivity (Wildman–Crippen MR) is 104 cm³/mol. The molecule has 1 aliphatic heterocycles. The number of ether oxygens (including phenoxy) is 1. The number of aromatic nitrogens is 1. The van der Waals surface area contributed by atoms with Crippen molar-refractivity contribution < 1.29 is 9.53 Å². The number of allylic oxidation sites excluding steroid dienone is 1. The minimum absolute atomic E-state index is 0.127. The van der Waals surface area contributed by atoms with E-state index in [4.69, 9.17) is 9.72 Å². The largest absolute Gasteiger partial charge is 0.493 e. The van der Waals surface area contributed by atoms with Gasteiger partial charge < -0.3 is 4.74 Å². The highest BCUT2D eigenvalue weighted by molar-refractivity contribution is 7.17. The second kappa shape index (κ2) is 6.22. The Bertz CT molecular complexity index is 1030. The molecule has 5 rings (SSSR count). The molecule has 128 valence electrons. The number of rotatable bonds is 2. The van der Waals surface area contributed by atoms with Crippen molar-refractivity contribution in [1.82, 2.24) is 4.98 Å². The number of hydrogen-bond donors (Lipinski definition) is 0. The highest BCUT2D eigenvalue weighted by Crippen LogP contribution is 2.35. The Labute approximate surface area is 156 Å². The van der Waals surface area contributed by atoms with Gasteiger partial charge in [0, 0.05) is 17.6 Å². The molecule has 2 aromatic carbocycles. The fraction of sp³-hybridized carbons (Fsp3) is 0.182. The highest BCUT2D eigenvalue weighted by atomic mass is 32.1. The number of thiazole rings is 1. The van der Waals surface area contributed by atoms with Gasteiger partial charge in [-0.1, -0.05) is 36.4 Å². The van der Waals surface area contributed by atoms with Crippen molar-refractivity contribution in [1.29, 1.82) is 0 Å². The van der Waals surface area contributed by atoms with Crippen LogP contribution in [0.3, 0.4) is 0 Å². The van der Waals surface area contributed by atoms with Crippen molar-refractivity contribution in [2.24, 2.45) is 0 Å². The minimum Gasteiger partial charge on any atom is -0.493 e. The van der Waals surface area contributed by atoms with Crippen LogP contribution in [0.5, 0.6) is 5.75 Å². The molecule has 0 saturated carbocycles. The fourth-order valence-corrected chi connectivity index (χ4v) is 4.64. The van der Waals surface area contributed by atoms with E-state index in [1.165, 1.54) is 16.9 Å². The van der Waals surface area contributed by atoms with Crippen LogP contribution >= 0.6 is 11.3 Å². The average molecular weight is 359 g/mol. The van der Waals surface area contributed by atoms with E-state index in [-0.39, 0.29) is 5.78 Å². The quantitative estimate of drug-likeness (QED) is 0.607. The summed E-state index contributed by atoms with van der Waals surface area (Å²) in [6, 6.07) is 16.2. The molecule has 0 saturated heterocycles. The van der Waals surface area contributed by atoms with Gasteiger partial charge in [0.1, 0.15) is 10.8 Å². The van der Waals surface area contributed by atoms with Crippen LogP contribution in [0.15, 0.2) is 54.1 Å². The number of nitrogens with zero attached hydrogens (tertiary/aromatic N) is 1. The van der Waals surface area contributed by atoms with Gasteiger partial charge in [0.2, 0.25) is 5.78 Å². The van der Waals surface area contributed by atoms with Crippen LogP contribution in [0.2, 0.25) is 0 Å². The SMILES string of the molecule is O=C1/C(=C/c2ccc3c(c2)CCO3)CCc2nc(-c3ccccc3)sc21. The molecule has 3 nitrogen and oxygen atoms in total. The van der Waals surface area contributed by atoms with Gasteiger partial charge in [0.05, 0.1) is 17.2 Å². The number of carbonyl (C=O) groups excluding carboxylic acids is 1. The third-order valence-electron chi connectivity index (χ3n) is 4.90. The second-order valence-corrected chi connectivity index (χ2v) is 7.62. The summed E-state index contributed by atoms with van der Waals surface area (Å²) in [4.78, 5) is 18.5. The molecule has 0 fully saturated rings. The number of ketones is 1.